The largest absolute Gasteiger partial charge is 0.492 e. The third-order valence-corrected chi connectivity index (χ3v) is 3.98. The van der Waals surface area contributed by atoms with Crippen LogP contribution in [-0.2, 0) is 9.84 Å². The molecule has 18 heavy (non-hydrogen) atoms. The normalized spacial score (nSPS) is 13.1. The first-order chi connectivity index (χ1) is 8.36. The van der Waals surface area contributed by atoms with Crippen molar-refractivity contribution in [3.05, 3.63) is 24.0 Å². The van der Waals surface area contributed by atoms with Gasteiger partial charge in [0.2, 0.25) is 0 Å². The molecule has 0 radical (unpaired) electrons. The van der Waals surface area contributed by atoms with E-state index in [1.165, 1.54) is 25.4 Å². The smallest absolute Gasteiger partial charge is 0.182 e. The monoisotopic (exact) mass is 271 g/mol. The van der Waals surface area contributed by atoms with Crippen molar-refractivity contribution >= 4 is 15.6 Å². The Morgan fingerprint density at radius 3 is 2.67 bits per heavy atom. The lowest BCUT2D eigenvalue weighted by Crippen LogP contribution is -2.26. The number of hydrogen-bond donors (Lipinski definition) is 0. The molecule has 1 rings (SSSR count). The summed E-state index contributed by atoms with van der Waals surface area (Å²) in [5, 5.41) is -1.07. The predicted molar refractivity (Wildman–Crippen MR) is 68.7 cm³/mol. The van der Waals surface area contributed by atoms with Crippen LogP contribution in [0.25, 0.3) is 0 Å². The third-order valence-electron chi connectivity index (χ3n) is 2.48. The number of carbonyl (C=O) groups is 1. The van der Waals surface area contributed by atoms with Gasteiger partial charge >= 0.3 is 0 Å². The second-order valence-corrected chi connectivity index (χ2v) is 6.46. The van der Waals surface area contributed by atoms with E-state index in [4.69, 9.17) is 4.74 Å². The highest BCUT2D eigenvalue weighted by Gasteiger charge is 2.25. The van der Waals surface area contributed by atoms with Crippen molar-refractivity contribution < 1.29 is 17.9 Å². The van der Waals surface area contributed by atoms with Crippen molar-refractivity contribution in [1.29, 1.82) is 0 Å². The van der Waals surface area contributed by atoms with E-state index in [9.17, 15) is 13.2 Å². The SMILES string of the molecule is CCCOc1cncc(C(=O)C(C)S(C)(=O)=O)c1. The summed E-state index contributed by atoms with van der Waals surface area (Å²) < 4.78 is 28.0. The topological polar surface area (TPSA) is 73.3 Å². The molecule has 0 aliphatic carbocycles. The van der Waals surface area contributed by atoms with Gasteiger partial charge < -0.3 is 4.74 Å². The molecule has 0 spiro atoms. The number of pyridine rings is 1. The van der Waals surface area contributed by atoms with Crippen molar-refractivity contribution in [3.8, 4) is 5.75 Å². The Bertz CT molecular complexity index is 525. The number of carbonyl (C=O) groups excluding carboxylic acids is 1. The summed E-state index contributed by atoms with van der Waals surface area (Å²) in [6.45, 7) is 3.87. The fourth-order valence-corrected chi connectivity index (χ4v) is 1.81. The Balaban J connectivity index is 2.93. The van der Waals surface area contributed by atoms with Crippen molar-refractivity contribution in [2.45, 2.75) is 25.5 Å². The average Bonchev–Trinajstić information content (AvgIpc) is 2.33. The molecule has 1 heterocycles. The zero-order valence-corrected chi connectivity index (χ0v) is 11.5. The molecule has 0 bridgehead atoms. The van der Waals surface area contributed by atoms with Crippen LogP contribution in [0.1, 0.15) is 30.6 Å². The summed E-state index contributed by atoms with van der Waals surface area (Å²) in [6.07, 6.45) is 4.73. The van der Waals surface area contributed by atoms with E-state index in [0.717, 1.165) is 12.7 Å². The number of sulfone groups is 1. The van der Waals surface area contributed by atoms with E-state index in [1.807, 2.05) is 6.92 Å². The van der Waals surface area contributed by atoms with Gasteiger partial charge in [-0.15, -0.1) is 0 Å². The maximum absolute atomic E-state index is 11.9. The van der Waals surface area contributed by atoms with Crippen LogP contribution in [0.15, 0.2) is 18.5 Å². The number of rotatable bonds is 6. The van der Waals surface area contributed by atoms with Crippen LogP contribution in [0.5, 0.6) is 5.75 Å². The van der Waals surface area contributed by atoms with E-state index in [-0.39, 0.29) is 5.56 Å². The van der Waals surface area contributed by atoms with Crippen LogP contribution in [0.4, 0.5) is 0 Å². The van der Waals surface area contributed by atoms with Crippen molar-refractivity contribution in [2.75, 3.05) is 12.9 Å². The van der Waals surface area contributed by atoms with Gasteiger partial charge in [0.15, 0.2) is 15.6 Å². The summed E-state index contributed by atoms with van der Waals surface area (Å²) in [4.78, 5) is 15.8. The third kappa shape index (κ3) is 3.80. The fraction of sp³-hybridized carbons (Fsp3) is 0.500. The van der Waals surface area contributed by atoms with E-state index in [1.54, 1.807) is 0 Å². The van der Waals surface area contributed by atoms with Gasteiger partial charge in [-0.05, 0) is 19.4 Å². The van der Waals surface area contributed by atoms with E-state index < -0.39 is 20.9 Å². The van der Waals surface area contributed by atoms with Crippen LogP contribution in [-0.4, -0.2) is 37.3 Å². The maximum atomic E-state index is 11.9. The Morgan fingerprint density at radius 2 is 2.11 bits per heavy atom. The Kier molecular flexibility index (Phi) is 4.84. The van der Waals surface area contributed by atoms with Gasteiger partial charge in [0, 0.05) is 18.0 Å². The molecule has 0 aliphatic heterocycles. The van der Waals surface area contributed by atoms with Crippen LogP contribution >= 0.6 is 0 Å². The van der Waals surface area contributed by atoms with Gasteiger partial charge in [0.25, 0.3) is 0 Å². The molecule has 6 heteroatoms. The summed E-state index contributed by atoms with van der Waals surface area (Å²) in [7, 11) is -3.40. The first-order valence-corrected chi connectivity index (χ1v) is 7.62. The molecule has 0 N–H and O–H groups in total. The highest BCUT2D eigenvalue weighted by Crippen LogP contribution is 2.15. The minimum Gasteiger partial charge on any atom is -0.492 e. The lowest BCUT2D eigenvalue weighted by Gasteiger charge is -2.09. The van der Waals surface area contributed by atoms with Crippen LogP contribution in [0.2, 0.25) is 0 Å². The summed E-state index contributed by atoms with van der Waals surface area (Å²) >= 11 is 0. The molecular weight excluding hydrogens is 254 g/mol. The second-order valence-electron chi connectivity index (χ2n) is 4.09. The summed E-state index contributed by atoms with van der Waals surface area (Å²) in [5.41, 5.74) is 0.251. The number of ether oxygens (including phenoxy) is 1. The van der Waals surface area contributed by atoms with E-state index >= 15 is 0 Å². The number of nitrogens with zero attached hydrogens (tertiary/aromatic N) is 1. The van der Waals surface area contributed by atoms with Gasteiger partial charge in [-0.2, -0.15) is 0 Å². The molecular formula is C12H17NO4S. The minimum atomic E-state index is -3.40. The fourth-order valence-electron chi connectivity index (χ4n) is 1.28. The predicted octanol–water partition coefficient (Wildman–Crippen LogP) is 1.49. The van der Waals surface area contributed by atoms with E-state index in [0.29, 0.717) is 12.4 Å². The molecule has 0 fully saturated rings. The first-order valence-electron chi connectivity index (χ1n) is 5.67. The molecule has 100 valence electrons. The molecule has 1 unspecified atom stereocenters. The molecule has 1 atom stereocenters. The molecule has 0 aromatic carbocycles. The van der Waals surface area contributed by atoms with Gasteiger partial charge in [-0.25, -0.2) is 8.42 Å². The highest BCUT2D eigenvalue weighted by atomic mass is 32.2. The molecule has 0 saturated heterocycles. The van der Waals surface area contributed by atoms with E-state index in [2.05, 4.69) is 4.98 Å². The average molecular weight is 271 g/mol. The number of Topliss-reactive ketones (excluding diaryl/α,β-unsaturated/α-hetero) is 1. The van der Waals surface area contributed by atoms with Crippen LogP contribution in [0, 0.1) is 0 Å². The van der Waals surface area contributed by atoms with Crippen molar-refractivity contribution in [2.24, 2.45) is 0 Å². The maximum Gasteiger partial charge on any atom is 0.182 e. The van der Waals surface area contributed by atoms with Crippen molar-refractivity contribution in [1.82, 2.24) is 4.98 Å². The molecule has 0 aliphatic rings. The number of ketones is 1. The zero-order valence-electron chi connectivity index (χ0n) is 10.7. The lowest BCUT2D eigenvalue weighted by molar-refractivity contribution is 0.0991. The van der Waals surface area contributed by atoms with Gasteiger partial charge in [0.1, 0.15) is 11.0 Å². The molecule has 0 amide bonds. The molecule has 5 nitrogen and oxygen atoms in total. The number of aromatic nitrogens is 1. The Hall–Kier alpha value is -1.43. The van der Waals surface area contributed by atoms with Gasteiger partial charge in [-0.1, -0.05) is 6.92 Å². The quantitative estimate of drug-likeness (QED) is 0.733. The molecule has 0 saturated carbocycles. The zero-order chi connectivity index (χ0) is 13.8. The first kappa shape index (κ1) is 14.6. The van der Waals surface area contributed by atoms with Crippen LogP contribution < -0.4 is 4.74 Å². The Labute approximate surface area is 107 Å². The van der Waals surface area contributed by atoms with Crippen LogP contribution in [0.3, 0.4) is 0 Å². The second kappa shape index (κ2) is 5.95. The highest BCUT2D eigenvalue weighted by molar-refractivity contribution is 7.92. The Morgan fingerprint density at radius 1 is 1.44 bits per heavy atom. The summed E-state index contributed by atoms with van der Waals surface area (Å²) in [5.74, 6) is 0.00958. The van der Waals surface area contributed by atoms with Gasteiger partial charge in [0.05, 0.1) is 12.8 Å². The standard InChI is InChI=1S/C12H17NO4S/c1-4-5-17-11-6-10(7-13-8-11)12(14)9(2)18(3,15)16/h6-9H,4-5H2,1-3H3. The summed E-state index contributed by atoms with van der Waals surface area (Å²) in [6, 6.07) is 1.52. The molecule has 1 aromatic rings. The number of hydrogen-bond acceptors (Lipinski definition) is 5. The molecule has 1 aromatic heterocycles. The van der Waals surface area contributed by atoms with Crippen molar-refractivity contribution in [3.63, 3.8) is 0 Å². The van der Waals surface area contributed by atoms with Gasteiger partial charge in [-0.3, -0.25) is 9.78 Å². The lowest BCUT2D eigenvalue weighted by atomic mass is 10.1. The minimum absolute atomic E-state index is 0.251.